The van der Waals surface area contributed by atoms with Crippen molar-refractivity contribution in [3.8, 4) is 5.75 Å². The number of nitrogens with one attached hydrogen (secondary N) is 1. The van der Waals surface area contributed by atoms with Gasteiger partial charge in [-0.1, -0.05) is 49.4 Å². The second-order valence-corrected chi connectivity index (χ2v) is 6.78. The minimum atomic E-state index is -0.853. The summed E-state index contributed by atoms with van der Waals surface area (Å²) in [6, 6.07) is 17.3. The van der Waals surface area contributed by atoms with Crippen LogP contribution in [0.2, 0.25) is 0 Å². The molecule has 2 N–H and O–H groups in total. The van der Waals surface area contributed by atoms with Crippen molar-refractivity contribution in [1.29, 1.82) is 0 Å². The molecule has 2 atom stereocenters. The van der Waals surface area contributed by atoms with Crippen LogP contribution in [0.1, 0.15) is 30.9 Å². The number of hydrogen-bond acceptors (Lipinski definition) is 3. The summed E-state index contributed by atoms with van der Waals surface area (Å²) in [6.45, 7) is 1.89. The van der Waals surface area contributed by atoms with Gasteiger partial charge >= 0.3 is 5.97 Å². The summed E-state index contributed by atoms with van der Waals surface area (Å²) in [5.41, 5.74) is 2.14. The first-order valence-corrected chi connectivity index (χ1v) is 9.17. The summed E-state index contributed by atoms with van der Waals surface area (Å²) < 4.78 is 5.15. The smallest absolute Gasteiger partial charge is 0.303 e. The van der Waals surface area contributed by atoms with Gasteiger partial charge in [-0.15, -0.1) is 0 Å². The number of ether oxygens (including phenoxy) is 1. The standard InChI is InChI=1S/C22H27NO4/c1-16(14-18-8-11-20(27-2)12-9-18)22(26)23-19(10-13-21(24)25)15-17-6-4-3-5-7-17/h3-9,11-12,16,19H,10,13-15H2,1-2H3,(H,23,26)(H,24,25). The topological polar surface area (TPSA) is 75.6 Å². The summed E-state index contributed by atoms with van der Waals surface area (Å²) in [5.74, 6) is -0.334. The van der Waals surface area contributed by atoms with E-state index >= 15 is 0 Å². The fourth-order valence-corrected chi connectivity index (χ4v) is 2.97. The zero-order chi connectivity index (χ0) is 19.6. The number of carbonyl (C=O) groups excluding carboxylic acids is 1. The third-order valence-electron chi connectivity index (χ3n) is 4.53. The monoisotopic (exact) mass is 369 g/mol. The maximum Gasteiger partial charge on any atom is 0.303 e. The van der Waals surface area contributed by atoms with Crippen molar-refractivity contribution >= 4 is 11.9 Å². The molecule has 2 rings (SSSR count). The van der Waals surface area contributed by atoms with Crippen LogP contribution in [-0.4, -0.2) is 30.1 Å². The first kappa shape index (κ1) is 20.5. The second kappa shape index (κ2) is 10.4. The van der Waals surface area contributed by atoms with Crippen LogP contribution in [0.25, 0.3) is 0 Å². The summed E-state index contributed by atoms with van der Waals surface area (Å²) in [6.07, 6.45) is 1.68. The lowest BCUT2D eigenvalue weighted by Crippen LogP contribution is -2.40. The first-order valence-electron chi connectivity index (χ1n) is 9.17. The highest BCUT2D eigenvalue weighted by atomic mass is 16.5. The molecule has 0 aliphatic carbocycles. The summed E-state index contributed by atoms with van der Waals surface area (Å²) in [4.78, 5) is 23.6. The Morgan fingerprint density at radius 1 is 1.00 bits per heavy atom. The van der Waals surface area contributed by atoms with Crippen LogP contribution in [0, 0.1) is 5.92 Å². The highest BCUT2D eigenvalue weighted by Gasteiger charge is 2.19. The fraction of sp³-hybridized carbons (Fsp3) is 0.364. The van der Waals surface area contributed by atoms with Crippen LogP contribution in [0.5, 0.6) is 5.75 Å². The average Bonchev–Trinajstić information content (AvgIpc) is 2.67. The molecule has 0 radical (unpaired) electrons. The first-order chi connectivity index (χ1) is 13.0. The Hall–Kier alpha value is -2.82. The Balaban J connectivity index is 1.96. The molecule has 2 aromatic carbocycles. The van der Waals surface area contributed by atoms with Gasteiger partial charge in [0.1, 0.15) is 5.75 Å². The molecule has 0 saturated carbocycles. The Morgan fingerprint density at radius 3 is 2.22 bits per heavy atom. The molecule has 0 heterocycles. The van der Waals surface area contributed by atoms with Crippen molar-refractivity contribution in [2.45, 2.75) is 38.6 Å². The van der Waals surface area contributed by atoms with Crippen LogP contribution in [0.15, 0.2) is 54.6 Å². The molecule has 0 saturated heterocycles. The molecule has 0 bridgehead atoms. The minimum Gasteiger partial charge on any atom is -0.497 e. The largest absolute Gasteiger partial charge is 0.497 e. The molecule has 0 spiro atoms. The predicted molar refractivity (Wildman–Crippen MR) is 105 cm³/mol. The van der Waals surface area contributed by atoms with Gasteiger partial charge in [0.2, 0.25) is 5.91 Å². The van der Waals surface area contributed by atoms with Crippen molar-refractivity contribution in [2.24, 2.45) is 5.92 Å². The maximum absolute atomic E-state index is 12.6. The zero-order valence-corrected chi connectivity index (χ0v) is 15.9. The lowest BCUT2D eigenvalue weighted by Gasteiger charge is -2.21. The third-order valence-corrected chi connectivity index (χ3v) is 4.53. The van der Waals surface area contributed by atoms with Gasteiger partial charge in [0.25, 0.3) is 0 Å². The summed E-state index contributed by atoms with van der Waals surface area (Å²) in [5, 5.41) is 12.0. The number of carboxylic acids is 1. The van der Waals surface area contributed by atoms with Gasteiger partial charge in [0.15, 0.2) is 0 Å². The van der Waals surface area contributed by atoms with E-state index in [4.69, 9.17) is 9.84 Å². The fourth-order valence-electron chi connectivity index (χ4n) is 2.97. The van der Waals surface area contributed by atoms with E-state index in [9.17, 15) is 9.59 Å². The van der Waals surface area contributed by atoms with Crippen molar-refractivity contribution in [2.75, 3.05) is 7.11 Å². The number of carbonyl (C=O) groups is 2. The molecule has 2 unspecified atom stereocenters. The maximum atomic E-state index is 12.6. The van der Waals surface area contributed by atoms with Gasteiger partial charge in [-0.3, -0.25) is 9.59 Å². The van der Waals surface area contributed by atoms with E-state index in [1.807, 2.05) is 61.5 Å². The predicted octanol–water partition coefficient (Wildman–Crippen LogP) is 3.47. The Kier molecular flexibility index (Phi) is 7.86. The quantitative estimate of drug-likeness (QED) is 0.672. The molecule has 0 fully saturated rings. The SMILES string of the molecule is COc1ccc(CC(C)C(=O)NC(CCC(=O)O)Cc2ccccc2)cc1. The van der Waals surface area contributed by atoms with E-state index in [1.165, 1.54) is 0 Å². The van der Waals surface area contributed by atoms with Gasteiger partial charge in [0.05, 0.1) is 7.11 Å². The normalized spacial score (nSPS) is 12.8. The van der Waals surface area contributed by atoms with Crippen LogP contribution < -0.4 is 10.1 Å². The molecule has 0 aliphatic heterocycles. The Morgan fingerprint density at radius 2 is 1.63 bits per heavy atom. The van der Waals surface area contributed by atoms with E-state index in [-0.39, 0.29) is 24.3 Å². The van der Waals surface area contributed by atoms with Crippen LogP contribution >= 0.6 is 0 Å². The van der Waals surface area contributed by atoms with Gasteiger partial charge in [-0.25, -0.2) is 0 Å². The lowest BCUT2D eigenvalue weighted by molar-refractivity contribution is -0.137. The molecule has 0 aromatic heterocycles. The van der Waals surface area contributed by atoms with E-state index in [0.29, 0.717) is 19.3 Å². The minimum absolute atomic E-state index is 0.0324. The molecule has 27 heavy (non-hydrogen) atoms. The van der Waals surface area contributed by atoms with Crippen molar-refractivity contribution in [3.05, 3.63) is 65.7 Å². The molecular formula is C22H27NO4. The molecule has 5 nitrogen and oxygen atoms in total. The van der Waals surface area contributed by atoms with Gasteiger partial charge < -0.3 is 15.2 Å². The average molecular weight is 369 g/mol. The highest BCUT2D eigenvalue weighted by Crippen LogP contribution is 2.15. The highest BCUT2D eigenvalue weighted by molar-refractivity contribution is 5.79. The van der Waals surface area contributed by atoms with E-state index in [0.717, 1.165) is 16.9 Å². The van der Waals surface area contributed by atoms with E-state index in [2.05, 4.69) is 5.32 Å². The van der Waals surface area contributed by atoms with Gasteiger partial charge in [-0.2, -0.15) is 0 Å². The number of hydrogen-bond donors (Lipinski definition) is 2. The van der Waals surface area contributed by atoms with Crippen LogP contribution in [0.3, 0.4) is 0 Å². The van der Waals surface area contributed by atoms with Gasteiger partial charge in [-0.05, 0) is 42.5 Å². The molecule has 1 amide bonds. The molecular weight excluding hydrogens is 342 g/mol. The molecule has 0 aliphatic rings. The summed E-state index contributed by atoms with van der Waals surface area (Å²) >= 11 is 0. The van der Waals surface area contributed by atoms with Crippen molar-refractivity contribution < 1.29 is 19.4 Å². The lowest BCUT2D eigenvalue weighted by atomic mass is 9.97. The van der Waals surface area contributed by atoms with Crippen molar-refractivity contribution in [3.63, 3.8) is 0 Å². The number of rotatable bonds is 10. The number of aliphatic carboxylic acids is 1. The Labute approximate surface area is 160 Å². The van der Waals surface area contributed by atoms with Crippen LogP contribution in [-0.2, 0) is 22.4 Å². The Bertz CT molecular complexity index is 728. The van der Waals surface area contributed by atoms with E-state index < -0.39 is 5.97 Å². The number of carboxylic acid groups (broad SMARTS) is 1. The summed E-state index contributed by atoms with van der Waals surface area (Å²) in [7, 11) is 1.62. The van der Waals surface area contributed by atoms with Gasteiger partial charge in [0, 0.05) is 18.4 Å². The third kappa shape index (κ3) is 7.13. The number of benzene rings is 2. The number of methoxy groups -OCH3 is 1. The second-order valence-electron chi connectivity index (χ2n) is 6.78. The van der Waals surface area contributed by atoms with E-state index in [1.54, 1.807) is 7.11 Å². The van der Waals surface area contributed by atoms with Crippen LogP contribution in [0.4, 0.5) is 0 Å². The number of amides is 1. The molecule has 5 heteroatoms. The zero-order valence-electron chi connectivity index (χ0n) is 15.9. The molecule has 144 valence electrons. The van der Waals surface area contributed by atoms with Crippen molar-refractivity contribution in [1.82, 2.24) is 5.32 Å². The molecule has 2 aromatic rings.